The normalized spacial score (nSPS) is 4.25. The molecule has 0 saturated heterocycles. The predicted octanol–water partition coefficient (Wildman–Crippen LogP) is 0.591. The molecule has 0 aromatic carbocycles. The smallest absolute Gasteiger partial charge is 0.0649 e. The Labute approximate surface area is 53.6 Å². The van der Waals surface area contributed by atoms with Crippen LogP contribution in [0.25, 0.3) is 0 Å². The SMILES string of the molecule is [B]CC.[Y]. The minimum atomic E-state index is 0. The van der Waals surface area contributed by atoms with Crippen LogP contribution in [-0.2, 0) is 32.7 Å². The second-order valence-corrected chi connectivity index (χ2v) is 0.408. The van der Waals surface area contributed by atoms with E-state index >= 15 is 0 Å². The second-order valence-electron chi connectivity index (χ2n) is 0.408. The van der Waals surface area contributed by atoms with E-state index in [1.807, 2.05) is 6.92 Å². The minimum Gasteiger partial charge on any atom is -0.0915 e. The zero-order chi connectivity index (χ0) is 2.71. The summed E-state index contributed by atoms with van der Waals surface area (Å²) >= 11 is 0. The Morgan fingerprint density at radius 2 is 1.75 bits per heavy atom. The minimum absolute atomic E-state index is 0. The van der Waals surface area contributed by atoms with Gasteiger partial charge in [0.1, 0.15) is 0 Å². The van der Waals surface area contributed by atoms with Crippen molar-refractivity contribution in [2.45, 2.75) is 13.2 Å². The average Bonchev–Trinajstić information content (AvgIpc) is 0.918. The summed E-state index contributed by atoms with van der Waals surface area (Å²) in [6, 6.07) is 0. The van der Waals surface area contributed by atoms with Gasteiger partial charge in [-0.1, -0.05) is 13.2 Å². The molecule has 0 saturated carbocycles. The van der Waals surface area contributed by atoms with Crippen molar-refractivity contribution in [3.8, 4) is 0 Å². The van der Waals surface area contributed by atoms with Gasteiger partial charge in [0.15, 0.2) is 0 Å². The van der Waals surface area contributed by atoms with Crippen LogP contribution in [-0.4, -0.2) is 7.85 Å². The van der Waals surface area contributed by atoms with E-state index in [4.69, 9.17) is 7.85 Å². The van der Waals surface area contributed by atoms with Crippen molar-refractivity contribution >= 4 is 7.85 Å². The third-order valence-electron chi connectivity index (χ3n) is 0. The van der Waals surface area contributed by atoms with Crippen LogP contribution >= 0.6 is 0 Å². The van der Waals surface area contributed by atoms with E-state index in [2.05, 4.69) is 0 Å². The Kier molecular flexibility index (Phi) is 19.9. The van der Waals surface area contributed by atoms with Gasteiger partial charge in [0, 0.05) is 32.7 Å². The molecule has 0 aromatic rings. The molecule has 0 aliphatic heterocycles. The Bertz CT molecular complexity index is 6.00. The molecular formula is C2H5BY. The quantitative estimate of drug-likeness (QED) is 0.419. The molecule has 0 atom stereocenters. The van der Waals surface area contributed by atoms with Crippen molar-refractivity contribution in [3.63, 3.8) is 0 Å². The van der Waals surface area contributed by atoms with Crippen molar-refractivity contribution < 1.29 is 32.7 Å². The van der Waals surface area contributed by atoms with Crippen molar-refractivity contribution in [1.82, 2.24) is 0 Å². The summed E-state index contributed by atoms with van der Waals surface area (Å²) in [6.07, 6.45) is 0.750. The Balaban J connectivity index is 0. The number of hydrogen-bond acceptors (Lipinski definition) is 0. The maximum absolute atomic E-state index is 4.85. The molecule has 0 spiro atoms. The molecule has 0 heterocycles. The maximum Gasteiger partial charge on any atom is 0.0649 e. The van der Waals surface area contributed by atoms with Crippen LogP contribution < -0.4 is 0 Å². The number of rotatable bonds is 0. The van der Waals surface area contributed by atoms with Crippen molar-refractivity contribution in [1.29, 1.82) is 0 Å². The monoisotopic (exact) mass is 129 g/mol. The Morgan fingerprint density at radius 1 is 1.75 bits per heavy atom. The van der Waals surface area contributed by atoms with Crippen molar-refractivity contribution in [3.05, 3.63) is 0 Å². The van der Waals surface area contributed by atoms with Gasteiger partial charge in [0.05, 0.1) is 7.85 Å². The molecule has 0 bridgehead atoms. The summed E-state index contributed by atoms with van der Waals surface area (Å²) in [5.41, 5.74) is 0. The largest absolute Gasteiger partial charge is 0.0915 e. The average molecular weight is 129 g/mol. The molecule has 0 aromatic heterocycles. The molecule has 19 valence electrons. The van der Waals surface area contributed by atoms with Crippen LogP contribution in [0.3, 0.4) is 0 Å². The first-order valence-electron chi connectivity index (χ1n) is 1.12. The van der Waals surface area contributed by atoms with Crippen LogP contribution in [0.15, 0.2) is 0 Å². The van der Waals surface area contributed by atoms with Gasteiger partial charge in [-0.2, -0.15) is 0 Å². The van der Waals surface area contributed by atoms with Gasteiger partial charge < -0.3 is 0 Å². The molecule has 0 aliphatic rings. The van der Waals surface area contributed by atoms with Gasteiger partial charge in [-0.05, 0) is 0 Å². The molecule has 3 radical (unpaired) electrons. The molecule has 0 aliphatic carbocycles. The van der Waals surface area contributed by atoms with Gasteiger partial charge in [0.2, 0.25) is 0 Å². The third-order valence-corrected chi connectivity index (χ3v) is 0. The van der Waals surface area contributed by atoms with Gasteiger partial charge in [-0.25, -0.2) is 0 Å². The van der Waals surface area contributed by atoms with Gasteiger partial charge in [0.25, 0.3) is 0 Å². The third kappa shape index (κ3) is 10.9. The van der Waals surface area contributed by atoms with Crippen LogP contribution in [0.5, 0.6) is 0 Å². The number of hydrogen-bond donors (Lipinski definition) is 0. The fourth-order valence-electron chi connectivity index (χ4n) is 0. The van der Waals surface area contributed by atoms with E-state index in [0.29, 0.717) is 0 Å². The summed E-state index contributed by atoms with van der Waals surface area (Å²) in [4.78, 5) is 0. The van der Waals surface area contributed by atoms with E-state index in [1.165, 1.54) is 0 Å². The van der Waals surface area contributed by atoms with Gasteiger partial charge in [-0.15, -0.1) is 0 Å². The molecule has 0 amide bonds. The van der Waals surface area contributed by atoms with Crippen LogP contribution in [0, 0.1) is 0 Å². The summed E-state index contributed by atoms with van der Waals surface area (Å²) in [5.74, 6) is 0. The van der Waals surface area contributed by atoms with E-state index in [9.17, 15) is 0 Å². The molecule has 4 heavy (non-hydrogen) atoms. The van der Waals surface area contributed by atoms with Gasteiger partial charge >= 0.3 is 0 Å². The van der Waals surface area contributed by atoms with Crippen molar-refractivity contribution in [2.75, 3.05) is 0 Å². The van der Waals surface area contributed by atoms with Crippen LogP contribution in [0.1, 0.15) is 6.92 Å². The van der Waals surface area contributed by atoms with Crippen LogP contribution in [0.2, 0.25) is 6.32 Å². The van der Waals surface area contributed by atoms with E-state index in [0.717, 1.165) is 6.32 Å². The standard InChI is InChI=1S/C2H5B.Y/c1-2-3;/h2H2,1H3;. The van der Waals surface area contributed by atoms with Gasteiger partial charge in [-0.3, -0.25) is 0 Å². The first-order chi connectivity index (χ1) is 1.41. The zero-order valence-electron chi connectivity index (χ0n) is 2.86. The Morgan fingerprint density at radius 3 is 1.75 bits per heavy atom. The first-order valence-corrected chi connectivity index (χ1v) is 1.12. The molecule has 0 nitrogen and oxygen atoms in total. The molecular weight excluding hydrogens is 124 g/mol. The first kappa shape index (κ1) is 8.95. The molecule has 0 rings (SSSR count). The molecule has 0 fully saturated rings. The fraction of sp³-hybridized carbons (Fsp3) is 1.00. The zero-order valence-corrected chi connectivity index (χ0v) is 5.70. The predicted molar refractivity (Wildman–Crippen MR) is 16.2 cm³/mol. The fourth-order valence-corrected chi connectivity index (χ4v) is 0. The molecule has 0 N–H and O–H groups in total. The van der Waals surface area contributed by atoms with E-state index in [1.54, 1.807) is 0 Å². The summed E-state index contributed by atoms with van der Waals surface area (Å²) in [6.45, 7) is 1.90. The Hall–Kier alpha value is 1.17. The summed E-state index contributed by atoms with van der Waals surface area (Å²) < 4.78 is 0. The topological polar surface area (TPSA) is 0 Å². The van der Waals surface area contributed by atoms with E-state index < -0.39 is 0 Å². The summed E-state index contributed by atoms with van der Waals surface area (Å²) in [5, 5.41) is 0. The molecule has 2 heteroatoms. The second kappa shape index (κ2) is 8.90. The molecule has 0 unspecified atom stereocenters. The van der Waals surface area contributed by atoms with Crippen LogP contribution in [0.4, 0.5) is 0 Å². The summed E-state index contributed by atoms with van der Waals surface area (Å²) in [7, 11) is 4.85. The maximum atomic E-state index is 4.85. The van der Waals surface area contributed by atoms with Crippen molar-refractivity contribution in [2.24, 2.45) is 0 Å². The van der Waals surface area contributed by atoms with E-state index in [-0.39, 0.29) is 32.7 Å².